The Morgan fingerprint density at radius 3 is 0.861 bits per heavy atom. The number of hydrogen-bond acceptors (Lipinski definition) is 2. The van der Waals surface area contributed by atoms with Crippen molar-refractivity contribution in [2.75, 3.05) is 0 Å². The van der Waals surface area contributed by atoms with Crippen molar-refractivity contribution < 1.29 is 17.6 Å². The van der Waals surface area contributed by atoms with Gasteiger partial charge in [0.05, 0.1) is 9.40 Å². The molecule has 0 fully saturated rings. The summed E-state index contributed by atoms with van der Waals surface area (Å²) < 4.78 is 56.9. The lowest BCUT2D eigenvalue weighted by atomic mass is 9.99. The van der Waals surface area contributed by atoms with Crippen molar-refractivity contribution in [3.8, 4) is 43.1 Å². The summed E-state index contributed by atoms with van der Waals surface area (Å²) in [7, 11) is 0. The molecule has 6 rings (SSSR count). The molecular weight excluding hydrogens is 500 g/mol. The van der Waals surface area contributed by atoms with Gasteiger partial charge in [-0.2, -0.15) is 0 Å². The van der Waals surface area contributed by atoms with Gasteiger partial charge in [-0.3, -0.25) is 0 Å². The van der Waals surface area contributed by atoms with Gasteiger partial charge in [0.2, 0.25) is 0 Å². The van der Waals surface area contributed by atoms with E-state index in [2.05, 4.69) is 0 Å². The molecule has 4 aromatic carbocycles. The van der Waals surface area contributed by atoms with Gasteiger partial charge in [0.25, 0.3) is 0 Å². The maximum atomic E-state index is 13.8. The Morgan fingerprint density at radius 2 is 0.583 bits per heavy atom. The summed E-state index contributed by atoms with van der Waals surface area (Å²) in [5.74, 6) is -1.32. The summed E-state index contributed by atoms with van der Waals surface area (Å²) in [6, 6.07) is 25.2. The second-order valence-electron chi connectivity index (χ2n) is 8.30. The van der Waals surface area contributed by atoms with Crippen molar-refractivity contribution in [3.05, 3.63) is 120 Å². The summed E-state index contributed by atoms with van der Waals surface area (Å²) in [6.45, 7) is 0. The fraction of sp³-hybridized carbons (Fsp3) is 0. The van der Waals surface area contributed by atoms with Crippen LogP contribution in [0.3, 0.4) is 0 Å². The van der Waals surface area contributed by atoms with E-state index < -0.39 is 0 Å². The third-order valence-corrected chi connectivity index (χ3v) is 8.64. The number of halogens is 4. The van der Waals surface area contributed by atoms with E-state index in [1.165, 1.54) is 48.5 Å². The third-order valence-electron chi connectivity index (χ3n) is 6.00. The second kappa shape index (κ2) is 9.04. The molecule has 0 saturated heterocycles. The van der Waals surface area contributed by atoms with Crippen LogP contribution in [0.4, 0.5) is 17.6 Å². The zero-order valence-electron chi connectivity index (χ0n) is 18.6. The van der Waals surface area contributed by atoms with Gasteiger partial charge < -0.3 is 0 Å². The fourth-order valence-corrected chi connectivity index (χ4v) is 7.27. The molecule has 2 heterocycles. The van der Waals surface area contributed by atoms with Gasteiger partial charge in [-0.05, 0) is 70.8 Å². The number of benzene rings is 4. The van der Waals surface area contributed by atoms with Gasteiger partial charge in [-0.15, -0.1) is 22.7 Å². The highest BCUT2D eigenvalue weighted by Gasteiger charge is 2.24. The number of rotatable bonds is 4. The predicted octanol–water partition coefficient (Wildman–Crippen LogP) is 10.2. The zero-order chi connectivity index (χ0) is 24.8. The standard InChI is InChI=1S/C30H16F4S2/c31-21-9-1-17(2-10-21)25-27(19-5-13-23(33)14-6-19)35-30-26(18-3-11-22(32)12-4-18)28(36-29(25)30)20-7-15-24(34)16-8-20/h1-16H. The molecule has 0 nitrogen and oxygen atoms in total. The van der Waals surface area contributed by atoms with Crippen LogP contribution in [0.25, 0.3) is 52.5 Å². The SMILES string of the molecule is Fc1ccc(-c2sc3c(-c4ccc(F)cc4)c(-c4ccc(F)cc4)sc3c2-c2ccc(F)cc2)cc1. The zero-order valence-corrected chi connectivity index (χ0v) is 20.2. The Morgan fingerprint density at radius 1 is 0.333 bits per heavy atom. The minimum atomic E-state index is -0.335. The predicted molar refractivity (Wildman–Crippen MR) is 141 cm³/mol. The molecule has 6 heteroatoms. The first-order valence-corrected chi connectivity index (χ1v) is 12.7. The lowest BCUT2D eigenvalue weighted by Crippen LogP contribution is -1.82. The lowest BCUT2D eigenvalue weighted by molar-refractivity contribution is 0.627. The highest BCUT2D eigenvalue weighted by Crippen LogP contribution is 2.55. The van der Waals surface area contributed by atoms with Crippen LogP contribution in [0.15, 0.2) is 97.1 Å². The van der Waals surface area contributed by atoms with E-state index in [4.69, 9.17) is 0 Å². The van der Waals surface area contributed by atoms with Gasteiger partial charge in [-0.25, -0.2) is 17.6 Å². The van der Waals surface area contributed by atoms with E-state index in [1.54, 1.807) is 71.2 Å². The van der Waals surface area contributed by atoms with E-state index >= 15 is 0 Å². The Balaban J connectivity index is 1.70. The van der Waals surface area contributed by atoms with Crippen molar-refractivity contribution in [1.82, 2.24) is 0 Å². The van der Waals surface area contributed by atoms with Crippen LogP contribution >= 0.6 is 22.7 Å². The van der Waals surface area contributed by atoms with Crippen molar-refractivity contribution in [2.24, 2.45) is 0 Å². The van der Waals surface area contributed by atoms with Crippen LogP contribution in [0.1, 0.15) is 0 Å². The van der Waals surface area contributed by atoms with E-state index in [1.807, 2.05) is 0 Å². The molecule has 0 aliphatic rings. The quantitative estimate of drug-likeness (QED) is 0.205. The second-order valence-corrected chi connectivity index (χ2v) is 10.3. The number of hydrogen-bond donors (Lipinski definition) is 0. The van der Waals surface area contributed by atoms with Gasteiger partial charge >= 0.3 is 0 Å². The van der Waals surface area contributed by atoms with Crippen LogP contribution in [0.2, 0.25) is 0 Å². The molecule has 0 bridgehead atoms. The van der Waals surface area contributed by atoms with Gasteiger partial charge in [0.15, 0.2) is 0 Å². The van der Waals surface area contributed by atoms with Crippen LogP contribution in [-0.4, -0.2) is 0 Å². The largest absolute Gasteiger partial charge is 0.207 e. The molecule has 0 saturated carbocycles. The fourth-order valence-electron chi connectivity index (χ4n) is 4.30. The Bertz CT molecular complexity index is 1550. The average Bonchev–Trinajstić information content (AvgIpc) is 3.43. The normalized spacial score (nSPS) is 11.3. The Kier molecular flexibility index (Phi) is 5.70. The van der Waals surface area contributed by atoms with Gasteiger partial charge in [0, 0.05) is 20.9 Å². The van der Waals surface area contributed by atoms with E-state index in [9.17, 15) is 17.6 Å². The van der Waals surface area contributed by atoms with Crippen molar-refractivity contribution >= 4 is 32.1 Å². The summed E-state index contributed by atoms with van der Waals surface area (Å²) in [6.07, 6.45) is 0. The van der Waals surface area contributed by atoms with Gasteiger partial charge in [-0.1, -0.05) is 48.5 Å². The average molecular weight is 517 g/mol. The van der Waals surface area contributed by atoms with E-state index in [-0.39, 0.29) is 23.3 Å². The molecule has 6 aromatic rings. The topological polar surface area (TPSA) is 0 Å². The maximum Gasteiger partial charge on any atom is 0.123 e. The van der Waals surface area contributed by atoms with Crippen molar-refractivity contribution in [1.29, 1.82) is 0 Å². The Labute approximate surface area is 212 Å². The molecule has 0 aliphatic heterocycles. The highest BCUT2D eigenvalue weighted by molar-refractivity contribution is 7.33. The molecule has 0 radical (unpaired) electrons. The molecular formula is C30H16F4S2. The van der Waals surface area contributed by atoms with Crippen LogP contribution < -0.4 is 0 Å². The molecule has 0 unspecified atom stereocenters. The van der Waals surface area contributed by atoms with Crippen LogP contribution in [-0.2, 0) is 0 Å². The van der Waals surface area contributed by atoms with Gasteiger partial charge in [0.1, 0.15) is 23.3 Å². The molecule has 0 amide bonds. The van der Waals surface area contributed by atoms with E-state index in [0.29, 0.717) is 0 Å². The van der Waals surface area contributed by atoms with Crippen LogP contribution in [0.5, 0.6) is 0 Å². The first-order chi connectivity index (χ1) is 17.5. The summed E-state index contributed by atoms with van der Waals surface area (Å²) in [5.41, 5.74) is 5.20. The molecule has 36 heavy (non-hydrogen) atoms. The maximum absolute atomic E-state index is 13.8. The first-order valence-electron chi connectivity index (χ1n) is 11.1. The van der Waals surface area contributed by atoms with E-state index in [0.717, 1.165) is 52.5 Å². The number of thiophene rings is 2. The monoisotopic (exact) mass is 516 g/mol. The van der Waals surface area contributed by atoms with Crippen molar-refractivity contribution in [2.45, 2.75) is 0 Å². The lowest BCUT2D eigenvalue weighted by Gasteiger charge is -2.07. The molecule has 2 aromatic heterocycles. The molecule has 0 N–H and O–H groups in total. The minimum absolute atomic E-state index is 0.328. The third kappa shape index (κ3) is 4.02. The van der Waals surface area contributed by atoms with Crippen LogP contribution in [0, 0.1) is 23.3 Å². The molecule has 0 spiro atoms. The molecule has 0 atom stereocenters. The Hall–Kier alpha value is -3.74. The molecule has 0 aliphatic carbocycles. The van der Waals surface area contributed by atoms with Crippen molar-refractivity contribution in [3.63, 3.8) is 0 Å². The number of fused-ring (bicyclic) bond motifs is 1. The minimum Gasteiger partial charge on any atom is -0.207 e. The molecule has 176 valence electrons. The summed E-state index contributed by atoms with van der Waals surface area (Å²) in [4.78, 5) is 1.86. The summed E-state index contributed by atoms with van der Waals surface area (Å²) >= 11 is 3.11. The highest BCUT2D eigenvalue weighted by atomic mass is 32.1. The summed E-state index contributed by atoms with van der Waals surface area (Å²) in [5, 5.41) is 0. The smallest absolute Gasteiger partial charge is 0.123 e. The first kappa shape index (κ1) is 22.7.